The van der Waals surface area contributed by atoms with Crippen LogP contribution in [0.5, 0.6) is 0 Å². The summed E-state index contributed by atoms with van der Waals surface area (Å²) in [4.78, 5) is 21.7. The molecule has 0 aromatic carbocycles. The van der Waals surface area contributed by atoms with Crippen molar-refractivity contribution in [3.63, 3.8) is 0 Å². The first-order chi connectivity index (χ1) is 7.15. The summed E-state index contributed by atoms with van der Waals surface area (Å²) in [6.45, 7) is -0.167. The van der Waals surface area contributed by atoms with Gasteiger partial charge < -0.3 is 15.2 Å². The number of amides is 1. The van der Waals surface area contributed by atoms with Crippen LogP contribution in [-0.2, 0) is 9.53 Å². The Bertz CT molecular complexity index is 337. The van der Waals surface area contributed by atoms with Gasteiger partial charge >= 0.3 is 5.97 Å². The van der Waals surface area contributed by atoms with E-state index in [1.807, 2.05) is 0 Å². The first-order valence-corrected chi connectivity index (χ1v) is 3.92. The van der Waals surface area contributed by atoms with E-state index in [-0.39, 0.29) is 12.4 Å². The third-order valence-electron chi connectivity index (χ3n) is 1.56. The van der Waals surface area contributed by atoms with Gasteiger partial charge in [-0.3, -0.25) is 4.79 Å². The van der Waals surface area contributed by atoms with Crippen LogP contribution in [0.1, 0.15) is 10.6 Å². The summed E-state index contributed by atoms with van der Waals surface area (Å²) in [5.41, 5.74) is 0. The van der Waals surface area contributed by atoms with E-state index in [0.29, 0.717) is 0 Å². The molecule has 0 bridgehead atoms. The minimum atomic E-state index is -1.16. The number of rotatable bonds is 5. The van der Waals surface area contributed by atoms with Gasteiger partial charge in [0, 0.05) is 7.11 Å². The molecule has 1 atom stereocenters. The van der Waals surface area contributed by atoms with Gasteiger partial charge in [0.1, 0.15) is 0 Å². The molecule has 9 nitrogen and oxygen atoms in total. The molecular formula is C6H9N5O4. The van der Waals surface area contributed by atoms with Crippen molar-refractivity contribution in [3.05, 3.63) is 5.82 Å². The number of aliphatic carboxylic acids is 1. The molecule has 1 unspecified atom stereocenters. The SMILES string of the molecule is COC(CNC(=O)c1nn[nH]n1)C(=O)O. The van der Waals surface area contributed by atoms with Gasteiger partial charge in [-0.1, -0.05) is 0 Å². The number of aromatic nitrogens is 4. The predicted octanol–water partition coefficient (Wildman–Crippen LogP) is -1.97. The van der Waals surface area contributed by atoms with Crippen molar-refractivity contribution in [1.29, 1.82) is 0 Å². The van der Waals surface area contributed by atoms with Crippen LogP contribution in [0.3, 0.4) is 0 Å². The third-order valence-corrected chi connectivity index (χ3v) is 1.56. The molecule has 0 spiro atoms. The molecule has 0 aliphatic rings. The largest absolute Gasteiger partial charge is 0.479 e. The highest BCUT2D eigenvalue weighted by atomic mass is 16.5. The molecule has 1 aromatic heterocycles. The third kappa shape index (κ3) is 2.98. The van der Waals surface area contributed by atoms with Gasteiger partial charge in [-0.05, 0) is 5.21 Å². The number of carboxylic acid groups (broad SMARTS) is 1. The van der Waals surface area contributed by atoms with E-state index in [1.54, 1.807) is 0 Å². The Balaban J connectivity index is 2.43. The number of ether oxygens (including phenoxy) is 1. The van der Waals surface area contributed by atoms with Crippen LogP contribution in [0.2, 0.25) is 0 Å². The Morgan fingerprint density at radius 3 is 2.87 bits per heavy atom. The molecule has 15 heavy (non-hydrogen) atoms. The van der Waals surface area contributed by atoms with E-state index in [9.17, 15) is 9.59 Å². The highest BCUT2D eigenvalue weighted by Crippen LogP contribution is 1.89. The van der Waals surface area contributed by atoms with Crippen LogP contribution in [-0.4, -0.2) is 57.4 Å². The van der Waals surface area contributed by atoms with E-state index in [1.165, 1.54) is 7.11 Å². The van der Waals surface area contributed by atoms with E-state index in [0.717, 1.165) is 0 Å². The molecule has 9 heteroatoms. The maximum Gasteiger partial charge on any atom is 0.334 e. The van der Waals surface area contributed by atoms with Gasteiger partial charge in [-0.25, -0.2) is 4.79 Å². The molecule has 82 valence electrons. The lowest BCUT2D eigenvalue weighted by molar-refractivity contribution is -0.148. The number of nitrogens with zero attached hydrogens (tertiary/aromatic N) is 3. The minimum absolute atomic E-state index is 0.157. The second-order valence-electron chi connectivity index (χ2n) is 2.51. The van der Waals surface area contributed by atoms with E-state index < -0.39 is 18.0 Å². The fourth-order valence-electron chi connectivity index (χ4n) is 0.794. The topological polar surface area (TPSA) is 130 Å². The molecule has 1 amide bonds. The maximum atomic E-state index is 11.2. The number of carbonyl (C=O) groups is 2. The molecular weight excluding hydrogens is 206 g/mol. The average Bonchev–Trinajstić information content (AvgIpc) is 2.70. The van der Waals surface area contributed by atoms with Crippen molar-refractivity contribution >= 4 is 11.9 Å². The van der Waals surface area contributed by atoms with Gasteiger partial charge in [0.15, 0.2) is 6.10 Å². The predicted molar refractivity (Wildman–Crippen MR) is 44.9 cm³/mol. The van der Waals surface area contributed by atoms with Crippen molar-refractivity contribution in [2.24, 2.45) is 0 Å². The number of nitrogens with one attached hydrogen (secondary N) is 2. The van der Waals surface area contributed by atoms with Crippen LogP contribution < -0.4 is 5.32 Å². The Morgan fingerprint density at radius 2 is 2.40 bits per heavy atom. The second kappa shape index (κ2) is 5.00. The molecule has 1 aromatic rings. The number of tetrazole rings is 1. The molecule has 1 rings (SSSR count). The Hall–Kier alpha value is -2.03. The van der Waals surface area contributed by atoms with Gasteiger partial charge in [0.25, 0.3) is 11.7 Å². The van der Waals surface area contributed by atoms with Gasteiger partial charge in [-0.2, -0.15) is 5.21 Å². The van der Waals surface area contributed by atoms with Gasteiger partial charge in [-0.15, -0.1) is 10.2 Å². The highest BCUT2D eigenvalue weighted by Gasteiger charge is 2.18. The number of aromatic amines is 1. The zero-order valence-electron chi connectivity index (χ0n) is 7.80. The fourth-order valence-corrected chi connectivity index (χ4v) is 0.794. The van der Waals surface area contributed by atoms with Crippen molar-refractivity contribution in [2.45, 2.75) is 6.10 Å². The van der Waals surface area contributed by atoms with Crippen molar-refractivity contribution in [3.8, 4) is 0 Å². The first-order valence-electron chi connectivity index (χ1n) is 3.92. The molecule has 0 saturated heterocycles. The van der Waals surface area contributed by atoms with Crippen LogP contribution in [0.4, 0.5) is 0 Å². The molecule has 0 aliphatic carbocycles. The van der Waals surface area contributed by atoms with Crippen LogP contribution in [0.15, 0.2) is 0 Å². The van der Waals surface area contributed by atoms with Crippen LogP contribution in [0, 0.1) is 0 Å². The monoisotopic (exact) mass is 215 g/mol. The summed E-state index contributed by atoms with van der Waals surface area (Å²) in [6, 6.07) is 0. The summed E-state index contributed by atoms with van der Waals surface area (Å²) in [6.07, 6.45) is -1.10. The number of hydrogen-bond acceptors (Lipinski definition) is 6. The maximum absolute atomic E-state index is 11.2. The molecule has 0 fully saturated rings. The van der Waals surface area contributed by atoms with Crippen LogP contribution in [0.25, 0.3) is 0 Å². The Labute approximate surface area is 83.8 Å². The standard InChI is InChI=1S/C6H9N5O4/c1-15-3(6(13)14)2-7-5(12)4-8-10-11-9-4/h3H,2H2,1H3,(H,7,12)(H,13,14)(H,8,9,10,11). The van der Waals surface area contributed by atoms with Crippen molar-refractivity contribution in [2.75, 3.05) is 13.7 Å². The summed E-state index contributed by atoms with van der Waals surface area (Å²) >= 11 is 0. The van der Waals surface area contributed by atoms with Crippen molar-refractivity contribution in [1.82, 2.24) is 25.9 Å². The smallest absolute Gasteiger partial charge is 0.334 e. The van der Waals surface area contributed by atoms with E-state index >= 15 is 0 Å². The normalized spacial score (nSPS) is 12.1. The second-order valence-corrected chi connectivity index (χ2v) is 2.51. The fraction of sp³-hybridized carbons (Fsp3) is 0.500. The Morgan fingerprint density at radius 1 is 1.67 bits per heavy atom. The van der Waals surface area contributed by atoms with Crippen LogP contribution >= 0.6 is 0 Å². The quantitative estimate of drug-likeness (QED) is 0.519. The molecule has 0 saturated carbocycles. The summed E-state index contributed by atoms with van der Waals surface area (Å²) in [5, 5.41) is 23.0. The molecule has 3 N–H and O–H groups in total. The lowest BCUT2D eigenvalue weighted by atomic mass is 10.3. The summed E-state index contributed by atoms with van der Waals surface area (Å²) < 4.78 is 4.60. The van der Waals surface area contributed by atoms with E-state index in [2.05, 4.69) is 30.7 Å². The summed E-state index contributed by atoms with van der Waals surface area (Å²) in [7, 11) is 1.24. The zero-order valence-corrected chi connectivity index (χ0v) is 7.80. The van der Waals surface area contributed by atoms with E-state index in [4.69, 9.17) is 5.11 Å². The lowest BCUT2D eigenvalue weighted by Gasteiger charge is -2.09. The number of H-pyrrole nitrogens is 1. The Kier molecular flexibility index (Phi) is 3.68. The van der Waals surface area contributed by atoms with Crippen molar-refractivity contribution < 1.29 is 19.4 Å². The first kappa shape index (κ1) is 11.0. The number of hydrogen-bond donors (Lipinski definition) is 3. The summed E-state index contributed by atoms with van der Waals surface area (Å²) in [5.74, 6) is -1.94. The number of methoxy groups -OCH3 is 1. The average molecular weight is 215 g/mol. The number of carboxylic acids is 1. The van der Waals surface area contributed by atoms with Gasteiger partial charge in [0.2, 0.25) is 0 Å². The molecule has 0 radical (unpaired) electrons. The number of carbonyl (C=O) groups excluding carboxylic acids is 1. The van der Waals surface area contributed by atoms with Gasteiger partial charge in [0.05, 0.1) is 6.54 Å². The zero-order chi connectivity index (χ0) is 11.3. The minimum Gasteiger partial charge on any atom is -0.479 e. The molecule has 0 aliphatic heterocycles. The lowest BCUT2D eigenvalue weighted by Crippen LogP contribution is -2.38. The highest BCUT2D eigenvalue weighted by molar-refractivity contribution is 5.90. The molecule has 1 heterocycles.